The van der Waals surface area contributed by atoms with E-state index in [-0.39, 0.29) is 12.3 Å². The molecular formula is C35H32N4O2. The first-order chi connectivity index (χ1) is 20.0. The molecule has 2 aromatic heterocycles. The molecule has 2 aliphatic heterocycles. The fourth-order valence-corrected chi connectivity index (χ4v) is 6.53. The second-order valence-electron chi connectivity index (χ2n) is 11.3. The van der Waals surface area contributed by atoms with E-state index in [1.165, 1.54) is 16.8 Å². The normalized spacial score (nSPS) is 18.9. The summed E-state index contributed by atoms with van der Waals surface area (Å²) in [6.07, 6.45) is 9.09. The van der Waals surface area contributed by atoms with Crippen LogP contribution in [0.4, 0.5) is 11.4 Å². The van der Waals surface area contributed by atoms with Gasteiger partial charge < -0.3 is 28.4 Å². The molecule has 6 nitrogen and oxygen atoms in total. The van der Waals surface area contributed by atoms with E-state index in [0.717, 1.165) is 56.2 Å². The summed E-state index contributed by atoms with van der Waals surface area (Å²) >= 11 is 0. The molecular weight excluding hydrogens is 508 g/mol. The summed E-state index contributed by atoms with van der Waals surface area (Å²) < 4.78 is 12.5. The van der Waals surface area contributed by atoms with Crippen molar-refractivity contribution in [1.82, 2.24) is 9.80 Å². The maximum Gasteiger partial charge on any atom is 0.159 e. The molecule has 0 spiro atoms. The molecule has 0 N–H and O–H groups in total. The molecule has 0 saturated carbocycles. The van der Waals surface area contributed by atoms with Crippen LogP contribution in [0.3, 0.4) is 0 Å². The van der Waals surface area contributed by atoms with Crippen LogP contribution < -0.4 is 9.80 Å². The second-order valence-corrected chi connectivity index (χ2v) is 11.3. The molecule has 0 amide bonds. The summed E-state index contributed by atoms with van der Waals surface area (Å²) in [6, 6.07) is 25.4. The van der Waals surface area contributed by atoms with Crippen LogP contribution in [0.1, 0.15) is 25.0 Å². The number of hydrogen-bond acceptors (Lipinski definition) is 6. The Labute approximate surface area is 238 Å². The summed E-state index contributed by atoms with van der Waals surface area (Å²) in [5.41, 5.74) is 8.47. The molecule has 0 aliphatic carbocycles. The third-order valence-electron chi connectivity index (χ3n) is 8.88. The van der Waals surface area contributed by atoms with E-state index in [1.54, 1.807) is 0 Å². The van der Waals surface area contributed by atoms with Gasteiger partial charge in [0.1, 0.15) is 29.1 Å². The van der Waals surface area contributed by atoms with Crippen molar-refractivity contribution in [3.05, 3.63) is 109 Å². The van der Waals surface area contributed by atoms with Gasteiger partial charge in [0.25, 0.3) is 0 Å². The van der Waals surface area contributed by atoms with E-state index < -0.39 is 0 Å². The maximum absolute atomic E-state index is 6.41. The van der Waals surface area contributed by atoms with Gasteiger partial charge in [-0.2, -0.15) is 0 Å². The van der Waals surface area contributed by atoms with E-state index >= 15 is 0 Å². The molecule has 4 aromatic carbocycles. The Morgan fingerprint density at radius 3 is 1.98 bits per heavy atom. The van der Waals surface area contributed by atoms with E-state index in [9.17, 15) is 0 Å². The zero-order chi connectivity index (χ0) is 27.8. The lowest BCUT2D eigenvalue weighted by Gasteiger charge is -2.36. The fourth-order valence-electron chi connectivity index (χ4n) is 6.53. The van der Waals surface area contributed by atoms with E-state index in [0.29, 0.717) is 0 Å². The molecule has 204 valence electrons. The van der Waals surface area contributed by atoms with Crippen molar-refractivity contribution in [2.45, 2.75) is 40.0 Å². The predicted molar refractivity (Wildman–Crippen MR) is 168 cm³/mol. The average molecular weight is 541 g/mol. The summed E-state index contributed by atoms with van der Waals surface area (Å²) in [5, 5.41) is 4.62. The lowest BCUT2D eigenvalue weighted by atomic mass is 10.1. The van der Waals surface area contributed by atoms with Crippen molar-refractivity contribution in [2.24, 2.45) is 0 Å². The highest BCUT2D eigenvalue weighted by Crippen LogP contribution is 2.40. The molecule has 41 heavy (non-hydrogen) atoms. The number of aryl methyl sites for hydroxylation is 2. The van der Waals surface area contributed by atoms with Gasteiger partial charge in [0.05, 0.1) is 12.4 Å². The summed E-state index contributed by atoms with van der Waals surface area (Å²) in [6.45, 7) is 9.61. The molecule has 0 fully saturated rings. The Hall–Kier alpha value is -4.84. The van der Waals surface area contributed by atoms with Gasteiger partial charge in [-0.05, 0) is 63.1 Å². The van der Waals surface area contributed by atoms with Gasteiger partial charge in [-0.25, -0.2) is 0 Å². The lowest BCUT2D eigenvalue weighted by molar-refractivity contribution is 0.176. The summed E-state index contributed by atoms with van der Waals surface area (Å²) in [4.78, 5) is 9.46. The number of rotatable bonds is 4. The van der Waals surface area contributed by atoms with Crippen LogP contribution in [0.2, 0.25) is 0 Å². The number of anilines is 2. The first kappa shape index (κ1) is 24.0. The average Bonchev–Trinajstić information content (AvgIpc) is 3.72. The third-order valence-corrected chi connectivity index (χ3v) is 8.88. The zero-order valence-electron chi connectivity index (χ0n) is 23.7. The smallest absolute Gasteiger partial charge is 0.159 e. The Kier molecular flexibility index (Phi) is 5.17. The molecule has 0 saturated heterocycles. The minimum atomic E-state index is 0.137. The molecule has 0 bridgehead atoms. The first-order valence-electron chi connectivity index (χ1n) is 14.3. The quantitative estimate of drug-likeness (QED) is 0.223. The minimum absolute atomic E-state index is 0.137. The summed E-state index contributed by atoms with van der Waals surface area (Å²) in [5.74, 6) is 0. The number of nitrogens with zero attached hydrogens (tertiary/aromatic N) is 4. The molecule has 0 unspecified atom stereocenters. The van der Waals surface area contributed by atoms with E-state index in [4.69, 9.17) is 8.83 Å². The van der Waals surface area contributed by atoms with Crippen LogP contribution in [0.25, 0.3) is 43.9 Å². The number of para-hydroxylation sites is 2. The predicted octanol–water partition coefficient (Wildman–Crippen LogP) is 8.64. The van der Waals surface area contributed by atoms with Gasteiger partial charge in [0.15, 0.2) is 5.58 Å². The molecule has 2 aliphatic rings. The zero-order valence-corrected chi connectivity index (χ0v) is 23.7. The van der Waals surface area contributed by atoms with Crippen LogP contribution in [0, 0.1) is 13.8 Å². The molecule has 4 heterocycles. The first-order valence-corrected chi connectivity index (χ1v) is 14.3. The number of fused-ring (bicyclic) bond motifs is 6. The highest BCUT2D eigenvalue weighted by molar-refractivity contribution is 6.10. The Morgan fingerprint density at radius 2 is 1.22 bits per heavy atom. The van der Waals surface area contributed by atoms with Crippen molar-refractivity contribution in [3.63, 3.8) is 0 Å². The van der Waals surface area contributed by atoms with Crippen LogP contribution in [-0.4, -0.2) is 28.8 Å². The van der Waals surface area contributed by atoms with E-state index in [1.807, 2.05) is 24.3 Å². The van der Waals surface area contributed by atoms with Crippen molar-refractivity contribution in [2.75, 3.05) is 16.5 Å². The van der Waals surface area contributed by atoms with Crippen molar-refractivity contribution in [3.8, 4) is 0 Å². The van der Waals surface area contributed by atoms with Crippen molar-refractivity contribution in [1.29, 1.82) is 0 Å². The maximum atomic E-state index is 6.41. The number of benzene rings is 4. The Bertz CT molecular complexity index is 2030. The third kappa shape index (κ3) is 3.56. The SMILES string of the molecule is Cc1cc2oc3ccccc3c2cc1N1C=CN(CN2C=CN(c3c(C)ccc4c3oc3ccccc34)[C@@H]2C)[C@@H]1C. The number of hydrogen-bond donors (Lipinski definition) is 0. The van der Waals surface area contributed by atoms with Gasteiger partial charge in [-0.1, -0.05) is 48.5 Å². The number of furan rings is 2. The van der Waals surface area contributed by atoms with E-state index in [2.05, 4.69) is 121 Å². The van der Waals surface area contributed by atoms with Crippen molar-refractivity contribution < 1.29 is 8.83 Å². The standard InChI is InChI=1S/C35H32N4O2/c1-22-13-14-28-26-9-5-8-12-32(26)41-35(28)34(22)39-18-16-37(25(39)4)21-36-15-17-38(24(36)3)30-20-29-27-10-6-7-11-31(27)40-33(29)19-23(30)2/h5-20,24-25H,21H2,1-4H3/t24-,25+/m0/s1. The summed E-state index contributed by atoms with van der Waals surface area (Å²) in [7, 11) is 0. The minimum Gasteiger partial charge on any atom is -0.456 e. The van der Waals surface area contributed by atoms with Crippen LogP contribution >= 0.6 is 0 Å². The largest absolute Gasteiger partial charge is 0.456 e. The second kappa shape index (κ2) is 8.83. The highest BCUT2D eigenvalue weighted by atomic mass is 16.3. The van der Waals surface area contributed by atoms with Gasteiger partial charge in [-0.3, -0.25) is 0 Å². The van der Waals surface area contributed by atoms with Gasteiger partial charge >= 0.3 is 0 Å². The topological polar surface area (TPSA) is 39.2 Å². The molecule has 8 rings (SSSR count). The van der Waals surface area contributed by atoms with Gasteiger partial charge in [-0.15, -0.1) is 0 Å². The highest BCUT2D eigenvalue weighted by Gasteiger charge is 2.31. The molecule has 6 heteroatoms. The Morgan fingerprint density at radius 1 is 0.585 bits per heavy atom. The lowest BCUT2D eigenvalue weighted by Crippen LogP contribution is -2.45. The molecule has 6 aromatic rings. The van der Waals surface area contributed by atoms with Gasteiger partial charge in [0, 0.05) is 52.0 Å². The monoisotopic (exact) mass is 540 g/mol. The molecule has 2 atom stereocenters. The van der Waals surface area contributed by atoms with Crippen molar-refractivity contribution >= 4 is 55.3 Å². The van der Waals surface area contributed by atoms with Crippen LogP contribution in [-0.2, 0) is 0 Å². The Balaban J connectivity index is 1.06. The van der Waals surface area contributed by atoms with Gasteiger partial charge in [0.2, 0.25) is 0 Å². The van der Waals surface area contributed by atoms with Crippen LogP contribution in [0.5, 0.6) is 0 Å². The molecule has 0 radical (unpaired) electrons. The fraction of sp³-hybridized carbons (Fsp3) is 0.200. The van der Waals surface area contributed by atoms with Crippen LogP contribution in [0.15, 0.2) is 106 Å².